The highest BCUT2D eigenvalue weighted by molar-refractivity contribution is 5.93. The van der Waals surface area contributed by atoms with Crippen LogP contribution in [0.3, 0.4) is 0 Å². The Balaban J connectivity index is 1.25. The number of Topliss-reactive ketones (excluding diaryl/α,β-unsaturated/α-hetero) is 1. The number of nitro groups is 1. The van der Waals surface area contributed by atoms with Gasteiger partial charge in [0.25, 0.3) is 0 Å². The molecular weight excluding hydrogens is 516 g/mol. The maximum absolute atomic E-state index is 13.6. The summed E-state index contributed by atoms with van der Waals surface area (Å²) in [5.41, 5.74) is 1.39. The molecule has 5 rings (SSSR count). The second-order valence-corrected chi connectivity index (χ2v) is 14.6. The minimum atomic E-state index is -0.461. The number of rotatable bonds is 11. The third-order valence-electron chi connectivity index (χ3n) is 12.0. The van der Waals surface area contributed by atoms with Crippen molar-refractivity contribution in [2.75, 3.05) is 18.5 Å². The average Bonchev–Trinajstić information content (AvgIpc) is 3.54. The van der Waals surface area contributed by atoms with E-state index in [4.69, 9.17) is 4.63 Å². The van der Waals surface area contributed by atoms with Crippen LogP contribution in [0, 0.1) is 56.5 Å². The monoisotopic (exact) mass is 566 g/mol. The predicted molar refractivity (Wildman–Crippen MR) is 162 cm³/mol. The summed E-state index contributed by atoms with van der Waals surface area (Å²) in [5, 5.41) is 19.1. The average molecular weight is 567 g/mol. The van der Waals surface area contributed by atoms with Gasteiger partial charge in [0.2, 0.25) is 5.52 Å². The summed E-state index contributed by atoms with van der Waals surface area (Å²) in [7, 11) is 1.97. The van der Waals surface area contributed by atoms with Crippen molar-refractivity contribution in [3.63, 3.8) is 0 Å². The lowest BCUT2D eigenvalue weighted by Crippen LogP contribution is -2.52. The van der Waals surface area contributed by atoms with Gasteiger partial charge in [0.15, 0.2) is 5.52 Å². The van der Waals surface area contributed by atoms with E-state index >= 15 is 0 Å². The molecule has 0 amide bonds. The summed E-state index contributed by atoms with van der Waals surface area (Å²) < 4.78 is 4.85. The highest BCUT2D eigenvalue weighted by Gasteiger charge is 2.59. The summed E-state index contributed by atoms with van der Waals surface area (Å²) in [4.78, 5) is 26.5. The molecule has 0 radical (unpaired) electrons. The van der Waals surface area contributed by atoms with E-state index in [1.54, 1.807) is 6.07 Å². The lowest BCUT2D eigenvalue weighted by molar-refractivity contribution is -0.383. The van der Waals surface area contributed by atoms with Crippen molar-refractivity contribution in [2.45, 2.75) is 105 Å². The molecule has 1 heterocycles. The highest BCUT2D eigenvalue weighted by atomic mass is 16.6. The van der Waals surface area contributed by atoms with Crippen LogP contribution >= 0.6 is 0 Å². The number of nitrogens with zero attached hydrogens (tertiary/aromatic N) is 4. The zero-order chi connectivity index (χ0) is 29.5. The summed E-state index contributed by atoms with van der Waals surface area (Å²) in [6, 6.07) is 3.19. The zero-order valence-corrected chi connectivity index (χ0v) is 26.0. The summed E-state index contributed by atoms with van der Waals surface area (Å²) >= 11 is 0. The fourth-order valence-electron chi connectivity index (χ4n) is 9.72. The van der Waals surface area contributed by atoms with Crippen LogP contribution in [0.1, 0.15) is 105 Å². The van der Waals surface area contributed by atoms with Gasteiger partial charge in [0.05, 0.1) is 10.6 Å². The number of ketones is 1. The molecule has 0 unspecified atom stereocenters. The number of hydrogen-bond donors (Lipinski definition) is 0. The van der Waals surface area contributed by atoms with Crippen LogP contribution < -0.4 is 4.90 Å². The van der Waals surface area contributed by atoms with Gasteiger partial charge in [-0.25, -0.2) is 4.63 Å². The van der Waals surface area contributed by atoms with Crippen molar-refractivity contribution < 1.29 is 14.3 Å². The number of hydrogen-bond acceptors (Lipinski definition) is 7. The molecule has 8 nitrogen and oxygen atoms in total. The lowest BCUT2D eigenvalue weighted by Gasteiger charge is -2.56. The van der Waals surface area contributed by atoms with Crippen molar-refractivity contribution in [1.82, 2.24) is 10.3 Å². The van der Waals surface area contributed by atoms with E-state index in [1.165, 1.54) is 51.0 Å². The normalized spacial score (nSPS) is 32.2. The molecule has 0 aliphatic heterocycles. The minimum absolute atomic E-state index is 0.104. The van der Waals surface area contributed by atoms with Gasteiger partial charge >= 0.3 is 5.69 Å². The number of benzene rings is 1. The van der Waals surface area contributed by atoms with Crippen molar-refractivity contribution in [1.29, 1.82) is 0 Å². The van der Waals surface area contributed by atoms with Gasteiger partial charge in [-0.05, 0) is 102 Å². The number of carbonyl (C=O) groups excluding carboxylic acids is 1. The Morgan fingerprint density at radius 3 is 2.54 bits per heavy atom. The molecule has 226 valence electrons. The minimum Gasteiger partial charge on any atom is -0.373 e. The molecule has 7 atom stereocenters. The first-order valence-corrected chi connectivity index (χ1v) is 16.1. The Hall–Kier alpha value is -2.51. The quantitative estimate of drug-likeness (QED) is 0.199. The molecular formula is C33H50N4O4. The molecule has 1 aromatic carbocycles. The van der Waals surface area contributed by atoms with E-state index in [-0.39, 0.29) is 16.6 Å². The van der Waals surface area contributed by atoms with Gasteiger partial charge in [0, 0.05) is 31.5 Å². The van der Waals surface area contributed by atoms with E-state index in [0.29, 0.717) is 28.6 Å². The lowest BCUT2D eigenvalue weighted by atomic mass is 9.48. The summed E-state index contributed by atoms with van der Waals surface area (Å²) in [5.74, 6) is 4.75. The fourth-order valence-corrected chi connectivity index (χ4v) is 9.72. The van der Waals surface area contributed by atoms with Crippen LogP contribution in [0.25, 0.3) is 11.0 Å². The number of nitro benzene ring substituents is 1. The Morgan fingerprint density at radius 2 is 1.80 bits per heavy atom. The molecule has 0 bridgehead atoms. The Labute approximate surface area is 245 Å². The van der Waals surface area contributed by atoms with Crippen LogP contribution in [0.2, 0.25) is 0 Å². The fraction of sp³-hybridized carbons (Fsp3) is 0.788. The molecule has 8 heteroatoms. The van der Waals surface area contributed by atoms with Crippen molar-refractivity contribution >= 4 is 28.2 Å². The molecule has 2 aromatic rings. The van der Waals surface area contributed by atoms with Gasteiger partial charge in [-0.2, -0.15) is 0 Å². The van der Waals surface area contributed by atoms with E-state index < -0.39 is 4.92 Å². The first kappa shape index (κ1) is 30.0. The van der Waals surface area contributed by atoms with Crippen LogP contribution in [0.5, 0.6) is 0 Å². The summed E-state index contributed by atoms with van der Waals surface area (Å²) in [6.07, 6.45) is 12.7. The Kier molecular flexibility index (Phi) is 8.51. The van der Waals surface area contributed by atoms with Crippen molar-refractivity contribution in [3.05, 3.63) is 22.2 Å². The third-order valence-corrected chi connectivity index (χ3v) is 12.0. The largest absolute Gasteiger partial charge is 0.373 e. The topological polar surface area (TPSA) is 102 Å². The van der Waals surface area contributed by atoms with Gasteiger partial charge in [0.1, 0.15) is 5.78 Å². The van der Waals surface area contributed by atoms with Gasteiger partial charge in [-0.1, -0.05) is 53.9 Å². The van der Waals surface area contributed by atoms with Crippen LogP contribution in [-0.4, -0.2) is 34.6 Å². The molecule has 0 spiro atoms. The van der Waals surface area contributed by atoms with Gasteiger partial charge in [-0.15, -0.1) is 0 Å². The number of non-ortho nitro benzene ring substituents is 1. The Morgan fingerprint density at radius 1 is 1.05 bits per heavy atom. The SMILES string of the molecule is CC(C)CCC[C@@H](C)[C@H]1CC[C@H]2[C@@H]3CCC(=O)[C@](C)(CCCN(C)c4ccc([N+](=O)[O-])c5nonc45)[C@H]3CC[C@]12C. The predicted octanol–water partition coefficient (Wildman–Crippen LogP) is 8.24. The number of fused-ring (bicyclic) bond motifs is 4. The second kappa shape index (κ2) is 11.6. The van der Waals surface area contributed by atoms with Crippen LogP contribution in [0.15, 0.2) is 16.8 Å². The van der Waals surface area contributed by atoms with Gasteiger partial charge in [-0.3, -0.25) is 14.9 Å². The second-order valence-electron chi connectivity index (χ2n) is 14.6. The molecule has 3 fully saturated rings. The molecule has 3 aliphatic carbocycles. The van der Waals surface area contributed by atoms with E-state index in [1.807, 2.05) is 7.05 Å². The maximum atomic E-state index is 13.6. The first-order chi connectivity index (χ1) is 19.5. The standard InChI is InChI=1S/C33H50N4O4/c1-21(2)9-7-10-22(3)24-12-13-25-23-11-16-29(38)33(5,26(23)17-19-32(24,25)4)18-8-20-36(6)27-14-15-28(37(39)40)31-30(27)34-41-35-31/h14-15,21-26H,7-13,16-20H2,1-6H3/t22-,23+,24-,25+,26+,32-,33-/m1/s1. The third kappa shape index (κ3) is 5.40. The molecule has 1 aromatic heterocycles. The number of carbonyl (C=O) groups is 1. The zero-order valence-electron chi connectivity index (χ0n) is 26.0. The molecule has 41 heavy (non-hydrogen) atoms. The number of aromatic nitrogens is 2. The van der Waals surface area contributed by atoms with Crippen LogP contribution in [-0.2, 0) is 4.79 Å². The smallest absolute Gasteiger partial charge is 0.300 e. The maximum Gasteiger partial charge on any atom is 0.300 e. The molecule has 3 saturated carbocycles. The molecule has 3 aliphatic rings. The van der Waals surface area contributed by atoms with E-state index in [9.17, 15) is 14.9 Å². The highest BCUT2D eigenvalue weighted by Crippen LogP contribution is 2.66. The van der Waals surface area contributed by atoms with Crippen molar-refractivity contribution in [3.8, 4) is 0 Å². The molecule has 0 N–H and O–H groups in total. The van der Waals surface area contributed by atoms with E-state index in [0.717, 1.165) is 61.6 Å². The van der Waals surface area contributed by atoms with Crippen molar-refractivity contribution in [2.24, 2.45) is 46.3 Å². The Bertz CT molecular complexity index is 1260. The summed E-state index contributed by atoms with van der Waals surface area (Å²) in [6.45, 7) is 12.8. The molecule has 0 saturated heterocycles. The van der Waals surface area contributed by atoms with E-state index in [2.05, 4.69) is 49.8 Å². The first-order valence-electron chi connectivity index (χ1n) is 16.1. The number of anilines is 1. The van der Waals surface area contributed by atoms with Gasteiger partial charge < -0.3 is 4.90 Å². The van der Waals surface area contributed by atoms with Crippen LogP contribution in [0.4, 0.5) is 11.4 Å².